The van der Waals surface area contributed by atoms with Gasteiger partial charge in [0.15, 0.2) is 0 Å². The molecule has 1 aliphatic rings. The molecule has 0 saturated heterocycles. The Balaban J connectivity index is 2.27. The van der Waals surface area contributed by atoms with E-state index in [0.29, 0.717) is 0 Å². The Kier molecular flexibility index (Phi) is 2.43. The Morgan fingerprint density at radius 2 is 2.06 bits per heavy atom. The molecule has 2 nitrogen and oxygen atoms in total. The second-order valence-corrected chi connectivity index (χ2v) is 4.83. The Hall–Kier alpha value is -2.05. The highest BCUT2D eigenvalue weighted by Crippen LogP contribution is 2.41. The van der Waals surface area contributed by atoms with Crippen molar-refractivity contribution in [2.75, 3.05) is 11.9 Å². The lowest BCUT2D eigenvalue weighted by molar-refractivity contribution is 1.34. The van der Waals surface area contributed by atoms with Gasteiger partial charge in [-0.1, -0.05) is 42.5 Å². The summed E-state index contributed by atoms with van der Waals surface area (Å²) in [4.78, 5) is 0.778. The first-order chi connectivity index (χ1) is 8.40. The molecule has 0 unspecified atom stereocenters. The van der Waals surface area contributed by atoms with E-state index in [1.165, 1.54) is 11.3 Å². The lowest BCUT2D eigenvalue weighted by Gasteiger charge is -2.09. The number of benzene rings is 1. The van der Waals surface area contributed by atoms with Crippen molar-refractivity contribution in [1.29, 1.82) is 5.26 Å². The summed E-state index contributed by atoms with van der Waals surface area (Å²) in [5, 5.41) is 13.6. The van der Waals surface area contributed by atoms with Gasteiger partial charge in [-0.15, -0.1) is 11.3 Å². The molecule has 0 amide bonds. The topological polar surface area (TPSA) is 35.8 Å². The van der Waals surface area contributed by atoms with E-state index in [2.05, 4.69) is 23.5 Å². The van der Waals surface area contributed by atoms with Gasteiger partial charge in [0.05, 0.1) is 5.00 Å². The fraction of sp³-hybridized carbons (Fsp3) is 0.0714. The van der Waals surface area contributed by atoms with Gasteiger partial charge in [0.2, 0.25) is 0 Å². The molecule has 2 heterocycles. The van der Waals surface area contributed by atoms with Gasteiger partial charge >= 0.3 is 0 Å². The molecular weight excluding hydrogens is 228 g/mol. The van der Waals surface area contributed by atoms with Crippen molar-refractivity contribution < 1.29 is 0 Å². The van der Waals surface area contributed by atoms with Crippen molar-refractivity contribution in [1.82, 2.24) is 0 Å². The number of rotatable bonds is 1. The SMILES string of the molecule is N#Cc1sc2c(c1-c1ccccc1)C=CCN2. The first-order valence-electron chi connectivity index (χ1n) is 5.43. The normalized spacial score (nSPS) is 12.6. The third-order valence-electron chi connectivity index (χ3n) is 2.77. The third-order valence-corrected chi connectivity index (χ3v) is 3.84. The van der Waals surface area contributed by atoms with Crippen LogP contribution in [0.5, 0.6) is 0 Å². The second-order valence-electron chi connectivity index (χ2n) is 3.81. The lowest BCUT2D eigenvalue weighted by atomic mass is 10.0. The summed E-state index contributed by atoms with van der Waals surface area (Å²) in [5.41, 5.74) is 3.30. The number of anilines is 1. The Morgan fingerprint density at radius 1 is 1.24 bits per heavy atom. The maximum absolute atomic E-state index is 9.24. The standard InChI is InChI=1S/C14H10N2S/c15-9-12-13(10-5-2-1-3-6-10)11-7-4-8-16-14(11)17-12/h1-7,16H,8H2. The van der Waals surface area contributed by atoms with Crippen molar-refractivity contribution in [3.05, 3.63) is 46.8 Å². The highest BCUT2D eigenvalue weighted by Gasteiger charge is 2.18. The fourth-order valence-electron chi connectivity index (χ4n) is 2.03. The number of hydrogen-bond acceptors (Lipinski definition) is 3. The third kappa shape index (κ3) is 1.63. The number of hydrogen-bond donors (Lipinski definition) is 1. The smallest absolute Gasteiger partial charge is 0.115 e. The van der Waals surface area contributed by atoms with E-state index in [-0.39, 0.29) is 0 Å². The predicted octanol–water partition coefficient (Wildman–Crippen LogP) is 3.73. The molecule has 1 aromatic heterocycles. The summed E-state index contributed by atoms with van der Waals surface area (Å²) < 4.78 is 0. The van der Waals surface area contributed by atoms with Crippen molar-refractivity contribution in [2.24, 2.45) is 0 Å². The van der Waals surface area contributed by atoms with E-state index in [4.69, 9.17) is 0 Å². The van der Waals surface area contributed by atoms with Crippen LogP contribution in [0.2, 0.25) is 0 Å². The molecule has 1 N–H and O–H groups in total. The van der Waals surface area contributed by atoms with Crippen molar-refractivity contribution in [3.8, 4) is 17.2 Å². The summed E-state index contributed by atoms with van der Waals surface area (Å²) in [6.45, 7) is 0.840. The minimum absolute atomic E-state index is 0.778. The van der Waals surface area contributed by atoms with Crippen LogP contribution in [0.1, 0.15) is 10.4 Å². The van der Waals surface area contributed by atoms with Gasteiger partial charge in [0.25, 0.3) is 0 Å². The van der Waals surface area contributed by atoms with Crippen LogP contribution < -0.4 is 5.32 Å². The second kappa shape index (κ2) is 4.08. The average Bonchev–Trinajstić information content (AvgIpc) is 2.78. The molecule has 2 aromatic rings. The summed E-state index contributed by atoms with van der Waals surface area (Å²) in [7, 11) is 0. The molecule has 17 heavy (non-hydrogen) atoms. The van der Waals surface area contributed by atoms with E-state index in [9.17, 15) is 5.26 Å². The van der Waals surface area contributed by atoms with Crippen LogP contribution in [0.3, 0.4) is 0 Å². The van der Waals surface area contributed by atoms with Crippen LogP contribution in [0.25, 0.3) is 17.2 Å². The highest BCUT2D eigenvalue weighted by atomic mass is 32.1. The molecule has 1 aliphatic heterocycles. The molecule has 3 rings (SSSR count). The Labute approximate surface area is 104 Å². The number of nitrogens with zero attached hydrogens (tertiary/aromatic N) is 1. The minimum Gasteiger partial charge on any atom is -0.373 e. The van der Waals surface area contributed by atoms with Gasteiger partial charge in [0.1, 0.15) is 10.9 Å². The van der Waals surface area contributed by atoms with Crippen LogP contribution in [0, 0.1) is 11.3 Å². The average molecular weight is 238 g/mol. The predicted molar refractivity (Wildman–Crippen MR) is 72.0 cm³/mol. The molecule has 0 atom stereocenters. The molecule has 0 fully saturated rings. The van der Waals surface area contributed by atoms with Crippen molar-refractivity contribution >= 4 is 22.4 Å². The molecule has 0 radical (unpaired) electrons. The van der Waals surface area contributed by atoms with Crippen LogP contribution >= 0.6 is 11.3 Å². The first kappa shape index (κ1) is 10.1. The molecule has 0 saturated carbocycles. The van der Waals surface area contributed by atoms with Crippen molar-refractivity contribution in [2.45, 2.75) is 0 Å². The summed E-state index contributed by atoms with van der Waals surface area (Å²) in [5.74, 6) is 0. The zero-order valence-electron chi connectivity index (χ0n) is 9.10. The summed E-state index contributed by atoms with van der Waals surface area (Å²) in [6, 6.07) is 12.4. The number of nitriles is 1. The van der Waals surface area contributed by atoms with Crippen LogP contribution in [-0.2, 0) is 0 Å². The van der Waals surface area contributed by atoms with E-state index < -0.39 is 0 Å². The molecule has 0 aliphatic carbocycles. The molecule has 0 bridgehead atoms. The molecule has 1 aromatic carbocycles. The van der Waals surface area contributed by atoms with Gasteiger partial charge in [-0.2, -0.15) is 5.26 Å². The monoisotopic (exact) mass is 238 g/mol. The maximum Gasteiger partial charge on any atom is 0.115 e. The summed E-state index contributed by atoms with van der Waals surface area (Å²) >= 11 is 1.53. The quantitative estimate of drug-likeness (QED) is 0.821. The van der Waals surface area contributed by atoms with Gasteiger partial charge in [-0.3, -0.25) is 0 Å². The van der Waals surface area contributed by atoms with E-state index in [1.54, 1.807) is 0 Å². The molecule has 82 valence electrons. The van der Waals surface area contributed by atoms with Gasteiger partial charge in [-0.05, 0) is 5.56 Å². The molecule has 0 spiro atoms. The maximum atomic E-state index is 9.24. The van der Waals surface area contributed by atoms with Crippen LogP contribution in [-0.4, -0.2) is 6.54 Å². The van der Waals surface area contributed by atoms with Crippen LogP contribution in [0.15, 0.2) is 36.4 Å². The number of nitrogens with one attached hydrogen (secondary N) is 1. The minimum atomic E-state index is 0.778. The fourth-order valence-corrected chi connectivity index (χ4v) is 3.05. The molecular formula is C14H10N2S. The Morgan fingerprint density at radius 3 is 2.82 bits per heavy atom. The summed E-state index contributed by atoms with van der Waals surface area (Å²) in [6.07, 6.45) is 4.19. The highest BCUT2D eigenvalue weighted by molar-refractivity contribution is 7.17. The number of fused-ring (bicyclic) bond motifs is 1. The van der Waals surface area contributed by atoms with Gasteiger partial charge in [0, 0.05) is 17.7 Å². The Bertz CT molecular complexity index is 618. The molecule has 3 heteroatoms. The largest absolute Gasteiger partial charge is 0.373 e. The lowest BCUT2D eigenvalue weighted by Crippen LogP contribution is -2.01. The van der Waals surface area contributed by atoms with E-state index in [0.717, 1.165) is 33.1 Å². The van der Waals surface area contributed by atoms with Gasteiger partial charge in [-0.25, -0.2) is 0 Å². The van der Waals surface area contributed by atoms with Crippen molar-refractivity contribution in [3.63, 3.8) is 0 Å². The van der Waals surface area contributed by atoms with Crippen LogP contribution in [0.4, 0.5) is 5.00 Å². The van der Waals surface area contributed by atoms with E-state index >= 15 is 0 Å². The van der Waals surface area contributed by atoms with Gasteiger partial charge < -0.3 is 5.32 Å². The number of thiophene rings is 1. The zero-order valence-corrected chi connectivity index (χ0v) is 9.92. The zero-order chi connectivity index (χ0) is 11.7. The first-order valence-corrected chi connectivity index (χ1v) is 6.24. The van der Waals surface area contributed by atoms with E-state index in [1.807, 2.05) is 30.3 Å².